The van der Waals surface area contributed by atoms with Crippen LogP contribution in [0.3, 0.4) is 0 Å². The molecule has 4 heterocycles. The zero-order valence-electron chi connectivity index (χ0n) is 23.2. The lowest BCUT2D eigenvalue weighted by atomic mass is 10.1. The predicted octanol–water partition coefficient (Wildman–Crippen LogP) is 7.98. The summed E-state index contributed by atoms with van der Waals surface area (Å²) < 4.78 is 65.8. The molecule has 2 aliphatic rings. The van der Waals surface area contributed by atoms with Gasteiger partial charge < -0.3 is 9.84 Å². The van der Waals surface area contributed by atoms with Gasteiger partial charge in [0.05, 0.1) is 21.2 Å². The lowest BCUT2D eigenvalue weighted by molar-refractivity contribution is -0.131. The van der Waals surface area contributed by atoms with Gasteiger partial charge in [-0.15, -0.1) is 0 Å². The van der Waals surface area contributed by atoms with E-state index in [-0.39, 0.29) is 60.0 Å². The van der Waals surface area contributed by atoms with Gasteiger partial charge in [-0.05, 0) is 49.9 Å². The van der Waals surface area contributed by atoms with E-state index in [1.807, 2.05) is 0 Å². The van der Waals surface area contributed by atoms with Gasteiger partial charge >= 0.3 is 6.11 Å². The molecular formula is C29H24Cl4F4N4O4. The molecule has 0 bridgehead atoms. The van der Waals surface area contributed by atoms with E-state index in [0.717, 1.165) is 49.9 Å². The molecule has 45 heavy (non-hydrogen) atoms. The quantitative estimate of drug-likeness (QED) is 0.168. The third-order valence-corrected chi connectivity index (χ3v) is 8.77. The summed E-state index contributed by atoms with van der Waals surface area (Å²) in [5.74, 6) is -2.31. The summed E-state index contributed by atoms with van der Waals surface area (Å²) in [5, 5.41) is 9.39. The fraction of sp³-hybridized carbons (Fsp3) is 0.310. The Labute approximate surface area is 273 Å². The summed E-state index contributed by atoms with van der Waals surface area (Å²) in [6.07, 6.45) is 0.0115. The van der Waals surface area contributed by atoms with Gasteiger partial charge in [-0.2, -0.15) is 8.78 Å². The summed E-state index contributed by atoms with van der Waals surface area (Å²) in [6.45, 7) is 5.10. The Morgan fingerprint density at radius 1 is 0.733 bits per heavy atom. The number of phenolic OH excluding ortho intramolecular Hbond substituents is 1. The van der Waals surface area contributed by atoms with Crippen LogP contribution < -0.4 is 15.9 Å². The van der Waals surface area contributed by atoms with Crippen LogP contribution in [0.1, 0.15) is 25.7 Å². The first-order chi connectivity index (χ1) is 21.3. The molecule has 2 aliphatic heterocycles. The highest BCUT2D eigenvalue weighted by Gasteiger charge is 2.30. The van der Waals surface area contributed by atoms with Crippen LogP contribution in [0.25, 0.3) is 22.3 Å². The molecule has 0 aliphatic carbocycles. The standard InChI is InChI=1S/C16H13Cl2F3N2O2.C13H11Cl2FN2O2/c1-2-16(20,21)25-12-7-9(11(19)8-10(12)17)13-14(18)22-5-3-4-6-23(22)15(13)24;14-8-6-9(16)7(5-10(8)19)11-12(15)17-3-1-2-4-18(17)13(11)20/h2,7-8H,1,3-6H2;5-6,19H,1-4H2. The number of halogens is 8. The van der Waals surface area contributed by atoms with Gasteiger partial charge in [0.25, 0.3) is 11.1 Å². The Morgan fingerprint density at radius 3 is 1.60 bits per heavy atom. The van der Waals surface area contributed by atoms with Crippen LogP contribution >= 0.6 is 46.4 Å². The fourth-order valence-corrected chi connectivity index (χ4v) is 6.28. The van der Waals surface area contributed by atoms with E-state index in [1.54, 1.807) is 9.36 Å². The Balaban J connectivity index is 0.000000182. The Kier molecular flexibility index (Phi) is 9.42. The van der Waals surface area contributed by atoms with Crippen LogP contribution in [-0.4, -0.2) is 29.9 Å². The fourth-order valence-electron chi connectivity index (χ4n) is 5.22. The van der Waals surface area contributed by atoms with Crippen molar-refractivity contribution in [2.45, 2.75) is 58.0 Å². The third-order valence-electron chi connectivity index (χ3n) is 7.41. The maximum absolute atomic E-state index is 14.4. The number of fused-ring (bicyclic) bond motifs is 2. The van der Waals surface area contributed by atoms with Crippen molar-refractivity contribution < 1.29 is 27.4 Å². The molecule has 0 spiro atoms. The average Bonchev–Trinajstić information content (AvgIpc) is 3.41. The van der Waals surface area contributed by atoms with Crippen LogP contribution in [0, 0.1) is 11.6 Å². The summed E-state index contributed by atoms with van der Waals surface area (Å²) in [5.41, 5.74) is -1.16. The lowest BCUT2D eigenvalue weighted by Crippen LogP contribution is -2.27. The van der Waals surface area contributed by atoms with Gasteiger partial charge in [-0.1, -0.05) is 53.0 Å². The van der Waals surface area contributed by atoms with Crippen LogP contribution in [0.4, 0.5) is 17.6 Å². The van der Waals surface area contributed by atoms with Gasteiger partial charge in [0.1, 0.15) is 33.4 Å². The van der Waals surface area contributed by atoms with Gasteiger partial charge in [0.2, 0.25) is 0 Å². The van der Waals surface area contributed by atoms with E-state index in [1.165, 1.54) is 9.36 Å². The van der Waals surface area contributed by atoms with Crippen molar-refractivity contribution in [1.82, 2.24) is 18.7 Å². The van der Waals surface area contributed by atoms with Crippen molar-refractivity contribution in [2.75, 3.05) is 0 Å². The zero-order chi connectivity index (χ0) is 32.8. The molecule has 1 N–H and O–H groups in total. The largest absolute Gasteiger partial charge is 0.506 e. The minimum absolute atomic E-state index is 0.0312. The Hall–Kier alpha value is -3.32. The number of hydrogen-bond acceptors (Lipinski definition) is 4. The van der Waals surface area contributed by atoms with Crippen molar-refractivity contribution in [3.63, 3.8) is 0 Å². The van der Waals surface area contributed by atoms with E-state index in [4.69, 9.17) is 46.4 Å². The van der Waals surface area contributed by atoms with Gasteiger partial charge in [0.15, 0.2) is 0 Å². The van der Waals surface area contributed by atoms with E-state index in [2.05, 4.69) is 11.3 Å². The molecule has 0 atom stereocenters. The number of nitrogens with zero attached hydrogens (tertiary/aromatic N) is 4. The smallest absolute Gasteiger partial charge is 0.419 e. The second-order valence-corrected chi connectivity index (χ2v) is 11.8. The molecule has 4 aromatic rings. The number of phenols is 1. The maximum atomic E-state index is 14.4. The molecule has 0 saturated carbocycles. The molecule has 2 aromatic carbocycles. The minimum atomic E-state index is -3.70. The molecule has 240 valence electrons. The van der Waals surface area contributed by atoms with E-state index in [9.17, 15) is 32.3 Å². The van der Waals surface area contributed by atoms with Crippen LogP contribution in [-0.2, 0) is 26.2 Å². The third kappa shape index (κ3) is 6.25. The highest BCUT2D eigenvalue weighted by atomic mass is 35.5. The highest BCUT2D eigenvalue weighted by Crippen LogP contribution is 2.38. The summed E-state index contributed by atoms with van der Waals surface area (Å²) >= 11 is 23.9. The number of alkyl halides is 2. The number of rotatable bonds is 5. The first-order valence-electron chi connectivity index (χ1n) is 13.6. The van der Waals surface area contributed by atoms with Crippen molar-refractivity contribution >= 4 is 46.4 Å². The number of benzene rings is 2. The molecule has 0 saturated heterocycles. The second-order valence-electron chi connectivity index (χ2n) is 10.3. The molecule has 0 radical (unpaired) electrons. The van der Waals surface area contributed by atoms with E-state index >= 15 is 0 Å². The van der Waals surface area contributed by atoms with Crippen molar-refractivity contribution in [3.8, 4) is 33.8 Å². The van der Waals surface area contributed by atoms with Gasteiger partial charge in [-0.25, -0.2) is 18.1 Å². The molecule has 0 unspecified atom stereocenters. The zero-order valence-corrected chi connectivity index (χ0v) is 26.3. The van der Waals surface area contributed by atoms with Gasteiger partial charge in [-0.3, -0.25) is 19.0 Å². The van der Waals surface area contributed by atoms with Crippen LogP contribution in [0.15, 0.2) is 46.5 Å². The van der Waals surface area contributed by atoms with E-state index in [0.29, 0.717) is 26.2 Å². The van der Waals surface area contributed by atoms with Crippen LogP contribution in [0.2, 0.25) is 20.4 Å². The summed E-state index contributed by atoms with van der Waals surface area (Å²) in [4.78, 5) is 24.9. The molecule has 0 fully saturated rings. The molecule has 16 heteroatoms. The van der Waals surface area contributed by atoms with E-state index < -0.39 is 29.1 Å². The molecular weight excluding hydrogens is 686 g/mol. The van der Waals surface area contributed by atoms with Crippen molar-refractivity contribution in [3.05, 3.63) is 89.6 Å². The number of ether oxygens (including phenoxy) is 1. The predicted molar refractivity (Wildman–Crippen MR) is 164 cm³/mol. The number of aromatic hydroxyl groups is 1. The first kappa shape index (κ1) is 33.1. The Bertz CT molecular complexity index is 1930. The molecule has 8 nitrogen and oxygen atoms in total. The Morgan fingerprint density at radius 2 is 1.16 bits per heavy atom. The normalized spacial score (nSPS) is 14.3. The minimum Gasteiger partial charge on any atom is -0.506 e. The van der Waals surface area contributed by atoms with Crippen molar-refractivity contribution in [2.24, 2.45) is 0 Å². The summed E-state index contributed by atoms with van der Waals surface area (Å²) in [7, 11) is 0. The van der Waals surface area contributed by atoms with Crippen LogP contribution in [0.5, 0.6) is 11.5 Å². The topological polar surface area (TPSA) is 83.3 Å². The molecule has 0 amide bonds. The van der Waals surface area contributed by atoms with Crippen molar-refractivity contribution in [1.29, 1.82) is 0 Å². The average molecular weight is 710 g/mol. The second kappa shape index (κ2) is 12.8. The highest BCUT2D eigenvalue weighted by molar-refractivity contribution is 6.34. The SMILES string of the molecule is C=CC(F)(F)Oc1cc(-c2c(Cl)n3n(c2=O)CCCC3)c(F)cc1Cl.O=c1c(-c2cc(O)c(Cl)cc2F)c(Cl)n2n1CCCC2. The number of hydrogen-bond donors (Lipinski definition) is 1. The van der Waals surface area contributed by atoms with Gasteiger partial charge in [0, 0.05) is 43.4 Å². The summed E-state index contributed by atoms with van der Waals surface area (Å²) in [6, 6.07) is 3.86. The molecule has 6 rings (SSSR count). The number of aromatic nitrogens is 4. The maximum Gasteiger partial charge on any atom is 0.419 e. The monoisotopic (exact) mass is 708 g/mol. The molecule has 2 aromatic heterocycles. The lowest BCUT2D eigenvalue weighted by Gasteiger charge is -2.17. The first-order valence-corrected chi connectivity index (χ1v) is 15.1.